The van der Waals surface area contributed by atoms with Crippen molar-refractivity contribution in [1.82, 2.24) is 10.6 Å². The average molecular weight is 932 g/mol. The van der Waals surface area contributed by atoms with Gasteiger partial charge in [0.2, 0.25) is 17.7 Å². The van der Waals surface area contributed by atoms with Gasteiger partial charge < -0.3 is 25.4 Å². The van der Waals surface area contributed by atoms with Gasteiger partial charge in [-0.1, -0.05) is 140 Å². The second-order valence-electron chi connectivity index (χ2n) is 20.5. The number of carbonyl (C=O) groups is 5. The Balaban J connectivity index is 0.890. The minimum Gasteiger partial charge on any atom is -0.457 e. The Bertz CT molecular complexity index is 2860. The lowest BCUT2D eigenvalue weighted by molar-refractivity contribution is -0.139. The van der Waals surface area contributed by atoms with Crippen LogP contribution in [0.4, 0.5) is 5.69 Å². The highest BCUT2D eigenvalue weighted by Crippen LogP contribution is 2.61. The molecule has 0 aliphatic heterocycles. The molecule has 4 fully saturated rings. The second kappa shape index (κ2) is 19.2. The molecule has 354 valence electrons. The zero-order valence-electron chi connectivity index (χ0n) is 39.1. The SMILES string of the molecule is O=C(OCc1ccccc1)c1ccc(NC(=O)[C@H](Cc2ccccc2)NC(=O)[C@@H]2C3c4ccccc4C(c4ccccc43)[C@@H]2C(=O)NCC23CC4CC(CC(C4)C2)C3)cc1C(=O)OCc1ccccc1. The highest BCUT2D eigenvalue weighted by atomic mass is 16.5. The number of esters is 2. The van der Waals surface area contributed by atoms with Gasteiger partial charge in [-0.05, 0) is 119 Å². The molecule has 3 amide bonds. The normalized spacial score (nSPS) is 24.6. The molecule has 70 heavy (non-hydrogen) atoms. The quantitative estimate of drug-likeness (QED) is 0.0872. The lowest BCUT2D eigenvalue weighted by Gasteiger charge is -2.57. The summed E-state index contributed by atoms with van der Waals surface area (Å²) < 4.78 is 11.4. The molecule has 10 heteroatoms. The summed E-state index contributed by atoms with van der Waals surface area (Å²) in [7, 11) is 0. The largest absolute Gasteiger partial charge is 0.457 e. The van der Waals surface area contributed by atoms with E-state index >= 15 is 9.59 Å². The van der Waals surface area contributed by atoms with E-state index < -0.39 is 41.6 Å². The lowest BCUT2D eigenvalue weighted by Crippen LogP contribution is -2.57. The molecule has 4 saturated carbocycles. The Morgan fingerprint density at radius 2 is 0.957 bits per heavy atom. The summed E-state index contributed by atoms with van der Waals surface area (Å²) in [6, 6.07) is 47.5. The van der Waals surface area contributed by atoms with Gasteiger partial charge in [-0.3, -0.25) is 14.4 Å². The first-order chi connectivity index (χ1) is 34.2. The Morgan fingerprint density at radius 3 is 1.46 bits per heavy atom. The van der Waals surface area contributed by atoms with E-state index in [0.29, 0.717) is 6.54 Å². The Hall–Kier alpha value is -7.33. The van der Waals surface area contributed by atoms with Crippen molar-refractivity contribution in [2.75, 3.05) is 11.9 Å². The summed E-state index contributed by atoms with van der Waals surface area (Å²) in [5.41, 5.74) is 6.72. The number of nitrogens with one attached hydrogen (secondary N) is 3. The average Bonchev–Trinajstić information content (AvgIpc) is 3.38. The van der Waals surface area contributed by atoms with Crippen molar-refractivity contribution in [2.45, 2.75) is 76.0 Å². The van der Waals surface area contributed by atoms with E-state index in [4.69, 9.17) is 9.47 Å². The maximum atomic E-state index is 15.4. The van der Waals surface area contributed by atoms with Crippen LogP contribution in [0.2, 0.25) is 0 Å². The van der Waals surface area contributed by atoms with Crippen LogP contribution in [0.5, 0.6) is 0 Å². The summed E-state index contributed by atoms with van der Waals surface area (Å²) in [6.45, 7) is 0.562. The molecule has 6 aromatic carbocycles. The summed E-state index contributed by atoms with van der Waals surface area (Å²) >= 11 is 0. The molecule has 0 aromatic heterocycles. The molecule has 0 heterocycles. The van der Waals surface area contributed by atoms with Gasteiger partial charge in [0.25, 0.3) is 0 Å². The fourth-order valence-corrected chi connectivity index (χ4v) is 13.3. The third-order valence-corrected chi connectivity index (χ3v) is 15.9. The molecule has 7 aliphatic rings. The summed E-state index contributed by atoms with van der Waals surface area (Å²) in [5, 5.41) is 9.61. The van der Waals surface area contributed by atoms with Gasteiger partial charge >= 0.3 is 11.9 Å². The van der Waals surface area contributed by atoms with Crippen LogP contribution in [-0.4, -0.2) is 42.2 Å². The molecule has 0 radical (unpaired) electrons. The molecule has 3 atom stereocenters. The van der Waals surface area contributed by atoms with Gasteiger partial charge in [0.05, 0.1) is 23.0 Å². The van der Waals surface area contributed by atoms with Gasteiger partial charge in [0, 0.05) is 30.5 Å². The molecular weight excluding hydrogens is 875 g/mol. The molecule has 13 rings (SSSR count). The molecule has 10 nitrogen and oxygen atoms in total. The Morgan fingerprint density at radius 1 is 0.514 bits per heavy atom. The molecule has 6 aromatic rings. The van der Waals surface area contributed by atoms with Crippen molar-refractivity contribution < 1.29 is 33.4 Å². The molecule has 7 aliphatic carbocycles. The zero-order chi connectivity index (χ0) is 47.8. The van der Waals surface area contributed by atoms with Crippen molar-refractivity contribution in [2.24, 2.45) is 35.0 Å². The number of anilines is 1. The van der Waals surface area contributed by atoms with Crippen molar-refractivity contribution in [1.29, 1.82) is 0 Å². The number of benzene rings is 6. The van der Waals surface area contributed by atoms with Crippen LogP contribution in [0.25, 0.3) is 0 Å². The van der Waals surface area contributed by atoms with Crippen LogP contribution < -0.4 is 16.0 Å². The third-order valence-electron chi connectivity index (χ3n) is 15.9. The topological polar surface area (TPSA) is 140 Å². The van der Waals surface area contributed by atoms with Crippen LogP contribution in [0.3, 0.4) is 0 Å². The van der Waals surface area contributed by atoms with E-state index in [9.17, 15) is 14.4 Å². The van der Waals surface area contributed by atoms with Crippen LogP contribution in [-0.2, 0) is 43.5 Å². The van der Waals surface area contributed by atoms with Gasteiger partial charge in [-0.15, -0.1) is 0 Å². The maximum absolute atomic E-state index is 15.4. The first kappa shape index (κ1) is 45.1. The molecule has 0 saturated heterocycles. The first-order valence-electron chi connectivity index (χ1n) is 24.9. The standard InChI is InChI=1S/C60H57N3O7/c64-55(62-43-24-25-48(58(67)69-34-38-16-6-2-7-17-38)49(30-43)59(68)70-35-39-18-8-3-9-19-39)50(29-37-14-4-1-5-15-37)63-57(66)54-52-46-22-12-10-20-44(46)51(45-21-11-13-23-47(45)52)53(54)56(65)61-36-60-31-40-26-41(32-60)28-42(27-40)33-60/h1-25,30,40-42,50-54H,26-29,31-36H2,(H,61,65)(H,62,64)(H,63,66)/t40?,41?,42?,50-,51?,52?,53-,54+,60?/m0/s1. The van der Waals surface area contributed by atoms with Crippen LogP contribution >= 0.6 is 0 Å². The second-order valence-corrected chi connectivity index (χ2v) is 20.5. The van der Waals surface area contributed by atoms with E-state index in [1.54, 1.807) is 0 Å². The minimum atomic E-state index is -1.10. The lowest BCUT2D eigenvalue weighted by atomic mass is 9.49. The number of fused-ring (bicyclic) bond motifs is 1. The maximum Gasteiger partial charge on any atom is 0.339 e. The highest BCUT2D eigenvalue weighted by molar-refractivity contribution is 6.05. The first-order valence-corrected chi connectivity index (χ1v) is 24.9. The van der Waals surface area contributed by atoms with Crippen molar-refractivity contribution >= 4 is 35.3 Å². The van der Waals surface area contributed by atoms with Crippen molar-refractivity contribution in [3.8, 4) is 0 Å². The van der Waals surface area contributed by atoms with Crippen LogP contribution in [0, 0.1) is 35.0 Å². The Labute approximate surface area is 408 Å². The number of hydrogen-bond acceptors (Lipinski definition) is 7. The van der Waals surface area contributed by atoms with Gasteiger partial charge in [-0.2, -0.15) is 0 Å². The van der Waals surface area contributed by atoms with Crippen molar-refractivity contribution in [3.05, 3.63) is 208 Å². The van der Waals surface area contributed by atoms with E-state index in [1.807, 2.05) is 115 Å². The van der Waals surface area contributed by atoms with E-state index in [2.05, 4.69) is 40.2 Å². The number of carbonyl (C=O) groups excluding carboxylic acids is 5. The van der Waals surface area contributed by atoms with Gasteiger partial charge in [0.15, 0.2) is 0 Å². The summed E-state index contributed by atoms with van der Waals surface area (Å²) in [4.78, 5) is 72.8. The predicted octanol–water partition coefficient (Wildman–Crippen LogP) is 9.92. The Kier molecular flexibility index (Phi) is 12.4. The van der Waals surface area contributed by atoms with Gasteiger partial charge in [-0.25, -0.2) is 9.59 Å². The van der Waals surface area contributed by atoms with Crippen molar-refractivity contribution in [3.63, 3.8) is 0 Å². The molecule has 3 N–H and O–H groups in total. The number of ether oxygens (including phenoxy) is 2. The number of hydrogen-bond donors (Lipinski definition) is 3. The monoisotopic (exact) mass is 931 g/mol. The number of amides is 3. The summed E-state index contributed by atoms with van der Waals surface area (Å²) in [6.07, 6.45) is 7.53. The summed E-state index contributed by atoms with van der Waals surface area (Å²) in [5.74, 6) is -2.66. The smallest absolute Gasteiger partial charge is 0.339 e. The molecular formula is C60H57N3O7. The van der Waals surface area contributed by atoms with E-state index in [1.165, 1.54) is 37.5 Å². The third kappa shape index (κ3) is 9.03. The predicted molar refractivity (Wildman–Crippen MR) is 265 cm³/mol. The van der Waals surface area contributed by atoms with Gasteiger partial charge in [0.1, 0.15) is 19.3 Å². The molecule has 0 unspecified atom stereocenters. The highest BCUT2D eigenvalue weighted by Gasteiger charge is 2.56. The fourth-order valence-electron chi connectivity index (χ4n) is 13.3. The van der Waals surface area contributed by atoms with E-state index in [0.717, 1.165) is 76.0 Å². The van der Waals surface area contributed by atoms with Crippen LogP contribution in [0.1, 0.15) is 110 Å². The fraction of sp³-hybridized carbons (Fsp3) is 0.317. The van der Waals surface area contributed by atoms with E-state index in [-0.39, 0.29) is 59.6 Å². The number of rotatable bonds is 15. The molecule has 0 spiro atoms. The van der Waals surface area contributed by atoms with Crippen LogP contribution in [0.15, 0.2) is 158 Å². The zero-order valence-corrected chi connectivity index (χ0v) is 39.1. The molecule has 6 bridgehead atoms. The minimum absolute atomic E-state index is 0.0121.